The van der Waals surface area contributed by atoms with Crippen LogP contribution in [0.2, 0.25) is 0 Å². The molecule has 0 spiro atoms. The zero-order chi connectivity index (χ0) is 15.4. The van der Waals surface area contributed by atoms with Crippen molar-refractivity contribution in [3.05, 3.63) is 12.3 Å². The SMILES string of the molecule is CC1(C)CCCN(c2ccnc(NC3CCCOCC3)n2)C1. The van der Waals surface area contributed by atoms with E-state index < -0.39 is 0 Å². The lowest BCUT2D eigenvalue weighted by atomic mass is 9.84. The van der Waals surface area contributed by atoms with Gasteiger partial charge in [0.15, 0.2) is 0 Å². The number of ether oxygens (including phenoxy) is 1. The molecule has 0 saturated carbocycles. The maximum absolute atomic E-state index is 5.52. The van der Waals surface area contributed by atoms with E-state index in [9.17, 15) is 0 Å². The van der Waals surface area contributed by atoms with E-state index in [0.717, 1.165) is 57.3 Å². The van der Waals surface area contributed by atoms with Crippen LogP contribution in [0.5, 0.6) is 0 Å². The summed E-state index contributed by atoms with van der Waals surface area (Å²) < 4.78 is 5.52. The molecule has 0 aromatic carbocycles. The van der Waals surface area contributed by atoms with Gasteiger partial charge in [-0.2, -0.15) is 4.98 Å². The predicted octanol–water partition coefficient (Wildman–Crippen LogP) is 3.08. The minimum Gasteiger partial charge on any atom is -0.381 e. The van der Waals surface area contributed by atoms with Gasteiger partial charge < -0.3 is 15.0 Å². The number of rotatable bonds is 3. The van der Waals surface area contributed by atoms with Crippen LogP contribution < -0.4 is 10.2 Å². The van der Waals surface area contributed by atoms with E-state index in [-0.39, 0.29) is 0 Å². The molecule has 1 aromatic heterocycles. The first-order chi connectivity index (χ1) is 10.6. The molecular weight excluding hydrogens is 276 g/mol. The molecule has 3 heterocycles. The largest absolute Gasteiger partial charge is 0.381 e. The van der Waals surface area contributed by atoms with Crippen LogP contribution in [-0.2, 0) is 4.74 Å². The van der Waals surface area contributed by atoms with Crippen molar-refractivity contribution >= 4 is 11.8 Å². The van der Waals surface area contributed by atoms with E-state index in [0.29, 0.717) is 11.5 Å². The molecule has 2 aliphatic heterocycles. The Labute approximate surface area is 133 Å². The second-order valence-electron chi connectivity index (χ2n) is 7.31. The number of hydrogen-bond acceptors (Lipinski definition) is 5. The van der Waals surface area contributed by atoms with Gasteiger partial charge in [0, 0.05) is 38.5 Å². The summed E-state index contributed by atoms with van der Waals surface area (Å²) in [6.07, 6.45) is 7.67. The number of aromatic nitrogens is 2. The quantitative estimate of drug-likeness (QED) is 0.930. The summed E-state index contributed by atoms with van der Waals surface area (Å²) in [5, 5.41) is 3.49. The van der Waals surface area contributed by atoms with Crippen molar-refractivity contribution < 1.29 is 4.74 Å². The second kappa shape index (κ2) is 6.82. The monoisotopic (exact) mass is 304 g/mol. The lowest BCUT2D eigenvalue weighted by Gasteiger charge is -2.38. The Balaban J connectivity index is 1.66. The molecule has 5 heteroatoms. The Morgan fingerprint density at radius 2 is 2.18 bits per heavy atom. The zero-order valence-corrected chi connectivity index (χ0v) is 13.8. The van der Waals surface area contributed by atoms with E-state index in [4.69, 9.17) is 9.72 Å². The molecule has 2 fully saturated rings. The molecule has 22 heavy (non-hydrogen) atoms. The number of piperidine rings is 1. The molecule has 1 aromatic rings. The maximum atomic E-state index is 5.52. The normalized spacial score (nSPS) is 25.5. The van der Waals surface area contributed by atoms with Crippen molar-refractivity contribution in [1.29, 1.82) is 0 Å². The predicted molar refractivity (Wildman–Crippen MR) is 89.3 cm³/mol. The van der Waals surface area contributed by atoms with Crippen LogP contribution in [0.25, 0.3) is 0 Å². The van der Waals surface area contributed by atoms with Crippen molar-refractivity contribution in [2.75, 3.05) is 36.5 Å². The summed E-state index contributed by atoms with van der Waals surface area (Å²) in [6.45, 7) is 8.55. The minimum atomic E-state index is 0.370. The second-order valence-corrected chi connectivity index (χ2v) is 7.31. The molecule has 5 nitrogen and oxygen atoms in total. The third-order valence-corrected chi connectivity index (χ3v) is 4.65. The van der Waals surface area contributed by atoms with Gasteiger partial charge >= 0.3 is 0 Å². The van der Waals surface area contributed by atoms with Crippen LogP contribution in [0.3, 0.4) is 0 Å². The number of nitrogens with one attached hydrogen (secondary N) is 1. The van der Waals surface area contributed by atoms with Gasteiger partial charge in [-0.25, -0.2) is 4.98 Å². The van der Waals surface area contributed by atoms with Crippen molar-refractivity contribution in [3.63, 3.8) is 0 Å². The van der Waals surface area contributed by atoms with Gasteiger partial charge in [-0.3, -0.25) is 0 Å². The first-order valence-electron chi connectivity index (χ1n) is 8.55. The van der Waals surface area contributed by atoms with Crippen LogP contribution >= 0.6 is 0 Å². The molecule has 122 valence electrons. The molecule has 1 atom stereocenters. The Morgan fingerprint density at radius 3 is 3.05 bits per heavy atom. The van der Waals surface area contributed by atoms with E-state index in [1.54, 1.807) is 0 Å². The molecule has 0 radical (unpaired) electrons. The highest BCUT2D eigenvalue weighted by atomic mass is 16.5. The Morgan fingerprint density at radius 1 is 1.27 bits per heavy atom. The fraction of sp³-hybridized carbons (Fsp3) is 0.765. The van der Waals surface area contributed by atoms with Crippen molar-refractivity contribution in [1.82, 2.24) is 9.97 Å². The van der Waals surface area contributed by atoms with E-state index in [1.807, 2.05) is 12.3 Å². The molecule has 0 amide bonds. The van der Waals surface area contributed by atoms with Crippen molar-refractivity contribution in [2.45, 2.75) is 52.0 Å². The fourth-order valence-corrected chi connectivity index (χ4v) is 3.44. The highest BCUT2D eigenvalue weighted by molar-refractivity contribution is 5.43. The summed E-state index contributed by atoms with van der Waals surface area (Å²) in [5.41, 5.74) is 0.370. The molecular formula is C17H28N4O. The number of hydrogen-bond donors (Lipinski definition) is 1. The van der Waals surface area contributed by atoms with Gasteiger partial charge in [0.25, 0.3) is 0 Å². The topological polar surface area (TPSA) is 50.3 Å². The third-order valence-electron chi connectivity index (χ3n) is 4.65. The first kappa shape index (κ1) is 15.5. The summed E-state index contributed by atoms with van der Waals surface area (Å²) in [5.74, 6) is 1.81. The van der Waals surface area contributed by atoms with Crippen LogP contribution in [-0.4, -0.2) is 42.3 Å². The van der Waals surface area contributed by atoms with Crippen molar-refractivity contribution in [2.24, 2.45) is 5.41 Å². The highest BCUT2D eigenvalue weighted by Gasteiger charge is 2.27. The molecule has 1 unspecified atom stereocenters. The fourth-order valence-electron chi connectivity index (χ4n) is 3.44. The van der Waals surface area contributed by atoms with Crippen molar-refractivity contribution in [3.8, 4) is 0 Å². The minimum absolute atomic E-state index is 0.370. The smallest absolute Gasteiger partial charge is 0.224 e. The lowest BCUT2D eigenvalue weighted by molar-refractivity contribution is 0.144. The summed E-state index contributed by atoms with van der Waals surface area (Å²) in [7, 11) is 0. The standard InChI is InChI=1S/C17H28N4O/c1-17(2)8-4-10-21(13-17)15-6-9-18-16(20-15)19-14-5-3-11-22-12-7-14/h6,9,14H,3-5,7-8,10-13H2,1-2H3,(H,18,19,20). The number of nitrogens with zero attached hydrogens (tertiary/aromatic N) is 3. The van der Waals surface area contributed by atoms with Gasteiger partial charge in [-0.15, -0.1) is 0 Å². The Kier molecular flexibility index (Phi) is 4.81. The average molecular weight is 304 g/mol. The summed E-state index contributed by atoms with van der Waals surface area (Å²) >= 11 is 0. The Bertz CT molecular complexity index is 483. The van der Waals surface area contributed by atoms with Crippen LogP contribution in [0, 0.1) is 5.41 Å². The highest BCUT2D eigenvalue weighted by Crippen LogP contribution is 2.30. The number of anilines is 2. The summed E-state index contributed by atoms with van der Waals surface area (Å²) in [6, 6.07) is 2.46. The van der Waals surface area contributed by atoms with Gasteiger partial charge in [0.2, 0.25) is 5.95 Å². The van der Waals surface area contributed by atoms with E-state index >= 15 is 0 Å². The maximum Gasteiger partial charge on any atom is 0.224 e. The zero-order valence-electron chi connectivity index (χ0n) is 13.8. The van der Waals surface area contributed by atoms with Gasteiger partial charge in [0.1, 0.15) is 5.82 Å². The molecule has 3 rings (SSSR count). The molecule has 2 aliphatic rings. The van der Waals surface area contributed by atoms with Crippen LogP contribution in [0.4, 0.5) is 11.8 Å². The molecule has 2 saturated heterocycles. The van der Waals surface area contributed by atoms with Crippen LogP contribution in [0.15, 0.2) is 12.3 Å². The molecule has 0 bridgehead atoms. The Hall–Kier alpha value is -1.36. The lowest BCUT2D eigenvalue weighted by Crippen LogP contribution is -2.40. The van der Waals surface area contributed by atoms with E-state index in [1.165, 1.54) is 12.8 Å². The molecule has 1 N–H and O–H groups in total. The average Bonchev–Trinajstić information content (AvgIpc) is 2.75. The molecule has 0 aliphatic carbocycles. The van der Waals surface area contributed by atoms with Gasteiger partial charge in [-0.1, -0.05) is 13.8 Å². The van der Waals surface area contributed by atoms with Crippen LogP contribution in [0.1, 0.15) is 46.0 Å². The van der Waals surface area contributed by atoms with Gasteiger partial charge in [-0.05, 0) is 43.6 Å². The van der Waals surface area contributed by atoms with E-state index in [2.05, 4.69) is 29.0 Å². The summed E-state index contributed by atoms with van der Waals surface area (Å²) in [4.78, 5) is 11.6. The van der Waals surface area contributed by atoms with Gasteiger partial charge in [0.05, 0.1) is 0 Å². The third kappa shape index (κ3) is 4.09. The first-order valence-corrected chi connectivity index (χ1v) is 8.55.